The fourth-order valence-electron chi connectivity index (χ4n) is 2.66. The second kappa shape index (κ2) is 8.67. The maximum absolute atomic E-state index is 13.8. The van der Waals surface area contributed by atoms with Gasteiger partial charge >= 0.3 is 11.9 Å². The monoisotopic (exact) mass is 434 g/mol. The molecule has 0 amide bonds. The number of rotatable bonds is 7. The lowest BCUT2D eigenvalue weighted by Crippen LogP contribution is -2.37. The Kier molecular flexibility index (Phi) is 6.22. The predicted octanol–water partition coefficient (Wildman–Crippen LogP) is 2.13. The van der Waals surface area contributed by atoms with Crippen LogP contribution in [-0.2, 0) is 21.0 Å². The summed E-state index contributed by atoms with van der Waals surface area (Å²) in [6.45, 7) is 3.38. The molecule has 2 N–H and O–H groups in total. The highest BCUT2D eigenvalue weighted by molar-refractivity contribution is 7.08. The van der Waals surface area contributed by atoms with Gasteiger partial charge in [-0.3, -0.25) is 9.59 Å². The Balaban J connectivity index is 1.94. The van der Waals surface area contributed by atoms with Gasteiger partial charge in [-0.1, -0.05) is 13.8 Å². The third-order valence-electron chi connectivity index (χ3n) is 4.41. The molecule has 30 heavy (non-hydrogen) atoms. The van der Waals surface area contributed by atoms with Crippen LogP contribution in [0.2, 0.25) is 0 Å². The number of ether oxygens (including phenoxy) is 2. The van der Waals surface area contributed by atoms with Crippen molar-refractivity contribution in [1.82, 2.24) is 13.9 Å². The summed E-state index contributed by atoms with van der Waals surface area (Å²) in [6.07, 6.45) is 1.43. The van der Waals surface area contributed by atoms with Gasteiger partial charge in [-0.05, 0) is 35.6 Å². The highest BCUT2D eigenvalue weighted by Crippen LogP contribution is 2.26. The van der Waals surface area contributed by atoms with Crippen molar-refractivity contribution in [2.24, 2.45) is 11.7 Å². The Morgan fingerprint density at radius 2 is 2.03 bits per heavy atom. The van der Waals surface area contributed by atoms with E-state index in [-0.39, 0.29) is 29.0 Å². The molecule has 0 bridgehead atoms. The van der Waals surface area contributed by atoms with Gasteiger partial charge in [-0.2, -0.15) is 4.37 Å². The molecule has 2 aromatic heterocycles. The van der Waals surface area contributed by atoms with Crippen molar-refractivity contribution in [2.75, 3.05) is 7.11 Å². The van der Waals surface area contributed by atoms with Gasteiger partial charge in [0.15, 0.2) is 11.7 Å². The highest BCUT2D eigenvalue weighted by atomic mass is 32.1. The number of esters is 2. The van der Waals surface area contributed by atoms with Crippen LogP contribution in [0.4, 0.5) is 4.39 Å². The average Bonchev–Trinajstić information content (AvgIpc) is 3.35. The van der Waals surface area contributed by atoms with E-state index in [2.05, 4.69) is 14.1 Å². The summed E-state index contributed by atoms with van der Waals surface area (Å²) < 4.78 is 28.9. The van der Waals surface area contributed by atoms with Crippen LogP contribution in [0.25, 0.3) is 10.9 Å². The molecule has 0 aliphatic heterocycles. The van der Waals surface area contributed by atoms with Crippen LogP contribution in [-0.4, -0.2) is 44.8 Å². The number of ketones is 1. The number of aromatic nitrogens is 3. The van der Waals surface area contributed by atoms with E-state index >= 15 is 0 Å². The summed E-state index contributed by atoms with van der Waals surface area (Å²) in [5.74, 6) is -2.80. The summed E-state index contributed by atoms with van der Waals surface area (Å²) in [5.41, 5.74) is 6.39. The molecule has 1 atom stereocenters. The van der Waals surface area contributed by atoms with E-state index in [1.165, 1.54) is 36.1 Å². The van der Waals surface area contributed by atoms with Gasteiger partial charge in [0.2, 0.25) is 5.78 Å². The summed E-state index contributed by atoms with van der Waals surface area (Å²) in [5, 5.41) is 0.247. The molecule has 9 nitrogen and oxygen atoms in total. The number of nitrogens with zero attached hydrogens (tertiary/aromatic N) is 3. The largest absolute Gasteiger partial charge is 0.463 e. The number of halogens is 1. The molecular formula is C19H19FN4O5S. The van der Waals surface area contributed by atoms with E-state index in [0.29, 0.717) is 10.9 Å². The highest BCUT2D eigenvalue weighted by Gasteiger charge is 2.24. The molecular weight excluding hydrogens is 415 g/mol. The molecule has 158 valence electrons. The first kappa shape index (κ1) is 21.5. The zero-order valence-electron chi connectivity index (χ0n) is 16.4. The maximum Gasteiger partial charge on any atom is 0.377 e. The first-order valence-corrected chi connectivity index (χ1v) is 9.67. The second-order valence-electron chi connectivity index (χ2n) is 6.78. The van der Waals surface area contributed by atoms with Crippen molar-refractivity contribution in [1.29, 1.82) is 0 Å². The Bertz CT molecular complexity index is 1120. The molecule has 0 aliphatic carbocycles. The van der Waals surface area contributed by atoms with Gasteiger partial charge in [0, 0.05) is 11.6 Å². The zero-order chi connectivity index (χ0) is 22.0. The van der Waals surface area contributed by atoms with Crippen LogP contribution in [0.3, 0.4) is 0 Å². The molecule has 2 heterocycles. The van der Waals surface area contributed by atoms with E-state index in [4.69, 9.17) is 10.5 Å². The molecule has 0 radical (unpaired) electrons. The van der Waals surface area contributed by atoms with Crippen molar-refractivity contribution >= 4 is 40.2 Å². The van der Waals surface area contributed by atoms with Gasteiger partial charge in [0.1, 0.15) is 11.9 Å². The third kappa shape index (κ3) is 4.21. The first-order valence-electron chi connectivity index (χ1n) is 8.90. The number of fused-ring (bicyclic) bond motifs is 1. The van der Waals surface area contributed by atoms with Gasteiger partial charge < -0.3 is 19.8 Å². The van der Waals surface area contributed by atoms with E-state index < -0.39 is 29.6 Å². The van der Waals surface area contributed by atoms with Crippen LogP contribution >= 0.6 is 11.5 Å². The van der Waals surface area contributed by atoms with Gasteiger partial charge in [0.25, 0.3) is 5.82 Å². The third-order valence-corrected chi connectivity index (χ3v) is 5.13. The average molecular weight is 434 g/mol. The molecule has 0 saturated carbocycles. The minimum atomic E-state index is -0.788. The molecule has 11 heteroatoms. The molecule has 1 unspecified atom stereocenters. The summed E-state index contributed by atoms with van der Waals surface area (Å²) in [4.78, 5) is 40.4. The lowest BCUT2D eigenvalue weighted by molar-refractivity contribution is -0.150. The number of benzene rings is 1. The van der Waals surface area contributed by atoms with Crippen molar-refractivity contribution in [2.45, 2.75) is 26.6 Å². The summed E-state index contributed by atoms with van der Waals surface area (Å²) in [6, 6.07) is 3.11. The molecule has 1 aromatic carbocycles. The van der Waals surface area contributed by atoms with Crippen molar-refractivity contribution < 1.29 is 28.2 Å². The Labute approximate surface area is 174 Å². The Morgan fingerprint density at radius 3 is 2.70 bits per heavy atom. The van der Waals surface area contributed by atoms with Crippen LogP contribution in [0.15, 0.2) is 24.4 Å². The van der Waals surface area contributed by atoms with Crippen molar-refractivity contribution in [3.05, 3.63) is 46.6 Å². The number of hydrogen-bond acceptors (Lipinski definition) is 9. The molecule has 3 aromatic rings. The van der Waals surface area contributed by atoms with Gasteiger partial charge in [-0.25, -0.2) is 14.2 Å². The van der Waals surface area contributed by atoms with Gasteiger partial charge in [0.05, 0.1) is 18.2 Å². The molecule has 3 rings (SSSR count). The smallest absolute Gasteiger partial charge is 0.377 e. The molecule has 0 aliphatic rings. The summed E-state index contributed by atoms with van der Waals surface area (Å²) in [7, 11) is 1.17. The Hall–Kier alpha value is -3.18. The number of hydrogen-bond donors (Lipinski definition) is 1. The molecule has 0 spiro atoms. The number of carbonyl (C=O) groups excluding carboxylic acids is 3. The fraction of sp³-hybridized carbons (Fsp3) is 0.316. The van der Waals surface area contributed by atoms with Crippen LogP contribution < -0.4 is 5.73 Å². The lowest BCUT2D eigenvalue weighted by Gasteiger charge is -2.15. The topological polar surface area (TPSA) is 126 Å². The van der Waals surface area contributed by atoms with Crippen LogP contribution in [0.1, 0.15) is 39.8 Å². The van der Waals surface area contributed by atoms with Gasteiger partial charge in [-0.15, -0.1) is 0 Å². The van der Waals surface area contributed by atoms with Crippen molar-refractivity contribution in [3.63, 3.8) is 0 Å². The van der Waals surface area contributed by atoms with E-state index in [0.717, 1.165) is 11.5 Å². The summed E-state index contributed by atoms with van der Waals surface area (Å²) >= 11 is 0.727. The van der Waals surface area contributed by atoms with E-state index in [1.807, 2.05) is 0 Å². The SMILES string of the molecule is COC(=O)c1nsc(C(=O)c2cn(COC(=O)C(N)C(C)C)c3ccc(F)cc23)n1. The lowest BCUT2D eigenvalue weighted by atomic mass is 10.1. The minimum Gasteiger partial charge on any atom is -0.463 e. The Morgan fingerprint density at radius 1 is 1.30 bits per heavy atom. The normalized spacial score (nSPS) is 12.2. The molecule has 0 fully saturated rings. The predicted molar refractivity (Wildman–Crippen MR) is 105 cm³/mol. The molecule has 0 saturated heterocycles. The van der Waals surface area contributed by atoms with E-state index in [1.54, 1.807) is 13.8 Å². The van der Waals surface area contributed by atoms with Crippen LogP contribution in [0.5, 0.6) is 0 Å². The quantitative estimate of drug-likeness (QED) is 0.443. The number of methoxy groups -OCH3 is 1. The zero-order valence-corrected chi connectivity index (χ0v) is 17.2. The fourth-order valence-corrected chi connectivity index (χ4v) is 3.27. The number of carbonyl (C=O) groups is 3. The maximum atomic E-state index is 13.8. The van der Waals surface area contributed by atoms with E-state index in [9.17, 15) is 18.8 Å². The standard InChI is InChI=1S/C19H19FN4O5S/c1-9(2)14(21)18(26)29-8-24-7-12(11-6-10(20)4-5-13(11)24)15(25)17-22-16(23-30-17)19(27)28-3/h4-7,9,14H,8,21H2,1-3H3. The minimum absolute atomic E-state index is 0.0578. The first-order chi connectivity index (χ1) is 14.2. The second-order valence-corrected chi connectivity index (χ2v) is 7.53. The van der Waals surface area contributed by atoms with Crippen LogP contribution in [0, 0.1) is 11.7 Å². The van der Waals surface area contributed by atoms with Crippen molar-refractivity contribution in [3.8, 4) is 0 Å². The number of nitrogens with two attached hydrogens (primary N) is 1.